The van der Waals surface area contributed by atoms with E-state index in [-0.39, 0.29) is 22.6 Å². The van der Waals surface area contributed by atoms with E-state index >= 15 is 0 Å². The Morgan fingerprint density at radius 3 is 2.16 bits per heavy atom. The lowest BCUT2D eigenvalue weighted by Gasteiger charge is -2.25. The van der Waals surface area contributed by atoms with Crippen molar-refractivity contribution in [2.75, 3.05) is 0 Å². The third-order valence-electron chi connectivity index (χ3n) is 4.47. The Balaban J connectivity index is 1.86. The molecule has 0 radical (unpaired) electrons. The van der Waals surface area contributed by atoms with Crippen molar-refractivity contribution in [3.63, 3.8) is 0 Å². The van der Waals surface area contributed by atoms with E-state index in [1.807, 2.05) is 0 Å². The molecule has 0 nitrogen and oxygen atoms in total. The Morgan fingerprint density at radius 2 is 1.48 bits per heavy atom. The Bertz CT molecular complexity index is 839. The number of benzene rings is 2. The summed E-state index contributed by atoms with van der Waals surface area (Å²) < 4.78 is 67.8. The van der Waals surface area contributed by atoms with Gasteiger partial charge in [0, 0.05) is 5.56 Å². The Morgan fingerprint density at radius 1 is 0.760 bits per heavy atom. The van der Waals surface area contributed by atoms with Gasteiger partial charge in [-0.3, -0.25) is 0 Å². The zero-order valence-corrected chi connectivity index (χ0v) is 13.3. The molecule has 2 aromatic rings. The molecule has 0 aromatic heterocycles. The predicted molar refractivity (Wildman–Crippen MR) is 84.8 cm³/mol. The minimum absolute atomic E-state index is 0.157. The summed E-state index contributed by atoms with van der Waals surface area (Å²) in [7, 11) is 0. The molecule has 0 N–H and O–H groups in total. The molecule has 0 saturated heterocycles. The minimum Gasteiger partial charge on any atom is -0.247 e. The highest BCUT2D eigenvalue weighted by Gasteiger charge is 2.25. The highest BCUT2D eigenvalue weighted by molar-refractivity contribution is 5.45. The first kappa shape index (κ1) is 17.5. The molecular formula is C20H15F5. The lowest BCUT2D eigenvalue weighted by atomic mass is 9.82. The zero-order valence-electron chi connectivity index (χ0n) is 13.3. The van der Waals surface area contributed by atoms with Crippen molar-refractivity contribution in [1.29, 1.82) is 0 Å². The predicted octanol–water partition coefficient (Wildman–Crippen LogP) is 5.64. The fourth-order valence-corrected chi connectivity index (χ4v) is 3.05. The van der Waals surface area contributed by atoms with Gasteiger partial charge in [-0.05, 0) is 61.4 Å². The highest BCUT2D eigenvalue weighted by Crippen LogP contribution is 2.36. The average Bonchev–Trinajstić information content (AvgIpc) is 2.60. The zero-order chi connectivity index (χ0) is 18.0. The summed E-state index contributed by atoms with van der Waals surface area (Å²) >= 11 is 0. The van der Waals surface area contributed by atoms with Crippen LogP contribution in [0.1, 0.15) is 48.3 Å². The van der Waals surface area contributed by atoms with Gasteiger partial charge >= 0.3 is 0 Å². The molecule has 25 heavy (non-hydrogen) atoms. The SMILES string of the molecule is Fc1ccc(C#Cc2ccc(C3CCC(F)CC3)c(F)c2F)cc1F. The van der Waals surface area contributed by atoms with Crippen molar-refractivity contribution in [1.82, 2.24) is 0 Å². The van der Waals surface area contributed by atoms with Gasteiger partial charge in [0.05, 0.1) is 5.56 Å². The van der Waals surface area contributed by atoms with Crippen LogP contribution in [0, 0.1) is 35.1 Å². The number of hydrogen-bond acceptors (Lipinski definition) is 0. The average molecular weight is 350 g/mol. The Labute approximate surface area is 142 Å². The van der Waals surface area contributed by atoms with Gasteiger partial charge in [0.2, 0.25) is 0 Å². The number of halogens is 5. The summed E-state index contributed by atoms with van der Waals surface area (Å²) in [6, 6.07) is 5.89. The summed E-state index contributed by atoms with van der Waals surface area (Å²) in [4.78, 5) is 0. The first-order valence-corrected chi connectivity index (χ1v) is 8.04. The maximum absolute atomic E-state index is 14.3. The minimum atomic E-state index is -1.07. The van der Waals surface area contributed by atoms with Crippen molar-refractivity contribution in [2.24, 2.45) is 0 Å². The van der Waals surface area contributed by atoms with E-state index in [9.17, 15) is 22.0 Å². The van der Waals surface area contributed by atoms with Crippen LogP contribution in [-0.4, -0.2) is 6.17 Å². The van der Waals surface area contributed by atoms with E-state index in [2.05, 4.69) is 11.8 Å². The van der Waals surface area contributed by atoms with E-state index < -0.39 is 29.4 Å². The molecule has 1 aliphatic carbocycles. The molecule has 0 bridgehead atoms. The first-order chi connectivity index (χ1) is 12.0. The van der Waals surface area contributed by atoms with E-state index in [0.29, 0.717) is 25.7 Å². The second kappa shape index (κ2) is 7.26. The van der Waals surface area contributed by atoms with Crippen molar-refractivity contribution in [3.8, 4) is 11.8 Å². The van der Waals surface area contributed by atoms with Crippen LogP contribution in [0.3, 0.4) is 0 Å². The fraction of sp³-hybridized carbons (Fsp3) is 0.300. The van der Waals surface area contributed by atoms with Gasteiger partial charge in [0.1, 0.15) is 6.17 Å². The number of hydrogen-bond donors (Lipinski definition) is 0. The lowest BCUT2D eigenvalue weighted by molar-refractivity contribution is 0.233. The van der Waals surface area contributed by atoms with E-state index in [0.717, 1.165) is 12.1 Å². The molecule has 0 atom stereocenters. The topological polar surface area (TPSA) is 0 Å². The number of alkyl halides is 1. The molecule has 0 aliphatic heterocycles. The second-order valence-corrected chi connectivity index (χ2v) is 6.16. The molecule has 5 heteroatoms. The van der Waals surface area contributed by atoms with Crippen LogP contribution < -0.4 is 0 Å². The summed E-state index contributed by atoms with van der Waals surface area (Å²) in [6.07, 6.45) is 0.798. The van der Waals surface area contributed by atoms with Crippen molar-refractivity contribution in [2.45, 2.75) is 37.8 Å². The molecule has 0 amide bonds. The van der Waals surface area contributed by atoms with Crippen LogP contribution in [-0.2, 0) is 0 Å². The van der Waals surface area contributed by atoms with Crippen LogP contribution >= 0.6 is 0 Å². The molecule has 0 unspecified atom stereocenters. The van der Waals surface area contributed by atoms with Crippen molar-refractivity contribution < 1.29 is 22.0 Å². The third-order valence-corrected chi connectivity index (χ3v) is 4.47. The van der Waals surface area contributed by atoms with Crippen molar-refractivity contribution >= 4 is 0 Å². The third kappa shape index (κ3) is 3.84. The second-order valence-electron chi connectivity index (χ2n) is 6.16. The maximum atomic E-state index is 14.3. The molecule has 1 saturated carbocycles. The van der Waals surface area contributed by atoms with Gasteiger partial charge < -0.3 is 0 Å². The normalized spacial score (nSPS) is 20.0. The standard InChI is InChI=1S/C20H15F5/c21-15-7-4-13(5-8-15)16-9-6-14(19(24)20(16)25)3-1-12-2-10-17(22)18(23)11-12/h2,6,9-11,13,15H,4-5,7-8H2. The fourth-order valence-electron chi connectivity index (χ4n) is 3.05. The summed E-state index contributed by atoms with van der Waals surface area (Å²) in [5.41, 5.74) is 0.233. The van der Waals surface area contributed by atoms with E-state index in [1.165, 1.54) is 18.2 Å². The Hall–Kier alpha value is -2.35. The summed E-state index contributed by atoms with van der Waals surface area (Å²) in [5, 5.41) is 0. The van der Waals surface area contributed by atoms with Crippen LogP contribution in [0.5, 0.6) is 0 Å². The van der Waals surface area contributed by atoms with Gasteiger partial charge in [0.15, 0.2) is 23.3 Å². The molecule has 2 aromatic carbocycles. The lowest BCUT2D eigenvalue weighted by Crippen LogP contribution is -2.15. The maximum Gasteiger partial charge on any atom is 0.174 e. The largest absolute Gasteiger partial charge is 0.247 e. The quantitative estimate of drug-likeness (QED) is 0.461. The Kier molecular flexibility index (Phi) is 5.08. The van der Waals surface area contributed by atoms with Crippen molar-refractivity contribution in [3.05, 3.63) is 70.3 Å². The highest BCUT2D eigenvalue weighted by atomic mass is 19.2. The van der Waals surface area contributed by atoms with Gasteiger partial charge in [-0.2, -0.15) is 0 Å². The monoisotopic (exact) mass is 350 g/mol. The van der Waals surface area contributed by atoms with Crippen LogP contribution in [0.15, 0.2) is 30.3 Å². The van der Waals surface area contributed by atoms with Crippen LogP contribution in [0.4, 0.5) is 22.0 Å². The van der Waals surface area contributed by atoms with Crippen LogP contribution in [0.2, 0.25) is 0 Å². The molecule has 1 aliphatic rings. The van der Waals surface area contributed by atoms with Crippen LogP contribution in [0.25, 0.3) is 0 Å². The van der Waals surface area contributed by atoms with E-state index in [4.69, 9.17) is 0 Å². The molecule has 0 heterocycles. The number of rotatable bonds is 1. The van der Waals surface area contributed by atoms with Gasteiger partial charge in [-0.1, -0.05) is 17.9 Å². The first-order valence-electron chi connectivity index (χ1n) is 8.04. The summed E-state index contributed by atoms with van der Waals surface area (Å²) in [6.45, 7) is 0. The van der Waals surface area contributed by atoms with Gasteiger partial charge in [-0.25, -0.2) is 22.0 Å². The molecule has 130 valence electrons. The molecule has 1 fully saturated rings. The summed E-state index contributed by atoms with van der Waals surface area (Å²) in [5.74, 6) is 0.620. The molecular weight excluding hydrogens is 335 g/mol. The smallest absolute Gasteiger partial charge is 0.174 e. The van der Waals surface area contributed by atoms with E-state index in [1.54, 1.807) is 0 Å². The van der Waals surface area contributed by atoms with Gasteiger partial charge in [0.25, 0.3) is 0 Å². The van der Waals surface area contributed by atoms with Gasteiger partial charge in [-0.15, -0.1) is 0 Å². The molecule has 3 rings (SSSR count). The molecule has 0 spiro atoms.